The van der Waals surface area contributed by atoms with Crippen LogP contribution in [0, 0.1) is 11.3 Å². The van der Waals surface area contributed by atoms with E-state index in [4.69, 9.17) is 4.74 Å². The van der Waals surface area contributed by atoms with Gasteiger partial charge in [-0.2, -0.15) is 5.26 Å². The molecule has 2 heterocycles. The molecule has 3 rings (SSSR count). The van der Waals surface area contributed by atoms with Crippen molar-refractivity contribution in [3.8, 4) is 6.07 Å². The van der Waals surface area contributed by atoms with Gasteiger partial charge < -0.3 is 9.72 Å². The van der Waals surface area contributed by atoms with Gasteiger partial charge in [0.05, 0.1) is 19.3 Å². The van der Waals surface area contributed by atoms with Gasteiger partial charge in [-0.3, -0.25) is 4.90 Å². The maximum absolute atomic E-state index is 9.46. The average molecular weight is 241 g/mol. The Morgan fingerprint density at radius 2 is 2.06 bits per heavy atom. The van der Waals surface area contributed by atoms with E-state index in [1.165, 1.54) is 0 Å². The number of nitriles is 1. The van der Waals surface area contributed by atoms with E-state index < -0.39 is 0 Å². The summed E-state index contributed by atoms with van der Waals surface area (Å²) in [5.41, 5.74) is 2.15. The van der Waals surface area contributed by atoms with E-state index in [1.54, 1.807) is 0 Å². The molecule has 0 spiro atoms. The summed E-state index contributed by atoms with van der Waals surface area (Å²) in [6, 6.07) is 10.3. The quantitative estimate of drug-likeness (QED) is 0.875. The monoisotopic (exact) mass is 241 g/mol. The van der Waals surface area contributed by atoms with E-state index in [1.807, 2.05) is 24.4 Å². The first kappa shape index (κ1) is 11.3. The van der Waals surface area contributed by atoms with Crippen LogP contribution in [0.5, 0.6) is 0 Å². The topological polar surface area (TPSA) is 52.0 Å². The first-order valence-electron chi connectivity index (χ1n) is 6.17. The van der Waals surface area contributed by atoms with Gasteiger partial charge in [0.25, 0.3) is 0 Å². The SMILES string of the molecule is N#CC(c1c[nH]c2ccccc12)N1CCOCC1. The highest BCUT2D eigenvalue weighted by molar-refractivity contribution is 5.83. The first-order valence-corrected chi connectivity index (χ1v) is 6.17. The molecule has 1 aliphatic heterocycles. The third-order valence-electron chi connectivity index (χ3n) is 3.45. The Labute approximate surface area is 106 Å². The molecule has 0 bridgehead atoms. The molecule has 1 N–H and O–H groups in total. The van der Waals surface area contributed by atoms with Gasteiger partial charge in [0, 0.05) is 35.8 Å². The largest absolute Gasteiger partial charge is 0.379 e. The number of nitrogens with zero attached hydrogens (tertiary/aromatic N) is 2. The molecule has 0 saturated carbocycles. The highest BCUT2D eigenvalue weighted by Crippen LogP contribution is 2.28. The number of hydrogen-bond acceptors (Lipinski definition) is 3. The lowest BCUT2D eigenvalue weighted by Crippen LogP contribution is -2.38. The Kier molecular flexibility index (Phi) is 3.01. The zero-order chi connectivity index (χ0) is 12.4. The molecule has 1 aliphatic rings. The van der Waals surface area contributed by atoms with E-state index in [9.17, 15) is 5.26 Å². The second-order valence-electron chi connectivity index (χ2n) is 4.47. The zero-order valence-corrected chi connectivity index (χ0v) is 10.1. The van der Waals surface area contributed by atoms with Crippen LogP contribution in [-0.4, -0.2) is 36.2 Å². The lowest BCUT2D eigenvalue weighted by atomic mass is 10.1. The fourth-order valence-corrected chi connectivity index (χ4v) is 2.50. The Hall–Kier alpha value is -1.83. The fourth-order valence-electron chi connectivity index (χ4n) is 2.50. The van der Waals surface area contributed by atoms with Crippen molar-refractivity contribution in [1.82, 2.24) is 9.88 Å². The number of nitrogens with one attached hydrogen (secondary N) is 1. The standard InChI is InChI=1S/C14H15N3O/c15-9-14(17-5-7-18-8-6-17)12-10-16-13-4-2-1-3-11(12)13/h1-4,10,14,16H,5-8H2. The first-order chi connectivity index (χ1) is 8.90. The van der Waals surface area contributed by atoms with E-state index in [0.717, 1.165) is 29.6 Å². The lowest BCUT2D eigenvalue weighted by Gasteiger charge is -2.30. The Morgan fingerprint density at radius 3 is 2.83 bits per heavy atom. The molecule has 0 amide bonds. The normalized spacial score (nSPS) is 18.6. The van der Waals surface area contributed by atoms with Crippen LogP contribution in [0.3, 0.4) is 0 Å². The van der Waals surface area contributed by atoms with Crippen LogP contribution in [-0.2, 0) is 4.74 Å². The summed E-state index contributed by atoms with van der Waals surface area (Å²) in [6.07, 6.45) is 1.95. The predicted molar refractivity (Wildman–Crippen MR) is 69.0 cm³/mol. The Balaban J connectivity index is 1.98. The highest BCUT2D eigenvalue weighted by atomic mass is 16.5. The van der Waals surface area contributed by atoms with Crippen LogP contribution in [0.1, 0.15) is 11.6 Å². The number of fused-ring (bicyclic) bond motifs is 1. The van der Waals surface area contributed by atoms with E-state index in [-0.39, 0.29) is 6.04 Å². The molecule has 0 radical (unpaired) electrons. The summed E-state index contributed by atoms with van der Waals surface area (Å²) in [7, 11) is 0. The molecule has 4 nitrogen and oxygen atoms in total. The van der Waals surface area contributed by atoms with Gasteiger partial charge in [0.15, 0.2) is 0 Å². The molecule has 0 aliphatic carbocycles. The molecule has 1 saturated heterocycles. The molecular formula is C14H15N3O. The number of aromatic amines is 1. The van der Waals surface area contributed by atoms with E-state index in [0.29, 0.717) is 13.2 Å². The number of morpholine rings is 1. The van der Waals surface area contributed by atoms with Gasteiger partial charge in [-0.15, -0.1) is 0 Å². The number of para-hydroxylation sites is 1. The smallest absolute Gasteiger partial charge is 0.126 e. The zero-order valence-electron chi connectivity index (χ0n) is 10.1. The van der Waals surface area contributed by atoms with Crippen molar-refractivity contribution in [2.24, 2.45) is 0 Å². The van der Waals surface area contributed by atoms with Crippen molar-refractivity contribution < 1.29 is 4.74 Å². The van der Waals surface area contributed by atoms with Gasteiger partial charge in [0.2, 0.25) is 0 Å². The minimum Gasteiger partial charge on any atom is -0.379 e. The van der Waals surface area contributed by atoms with Gasteiger partial charge in [-0.05, 0) is 6.07 Å². The number of rotatable bonds is 2. The molecule has 18 heavy (non-hydrogen) atoms. The third kappa shape index (κ3) is 1.88. The molecule has 1 fully saturated rings. The second kappa shape index (κ2) is 4.81. The fraction of sp³-hybridized carbons (Fsp3) is 0.357. The number of ether oxygens (including phenoxy) is 1. The molecule has 1 aromatic carbocycles. The van der Waals surface area contributed by atoms with Crippen molar-refractivity contribution in [3.05, 3.63) is 36.0 Å². The van der Waals surface area contributed by atoms with Gasteiger partial charge >= 0.3 is 0 Å². The van der Waals surface area contributed by atoms with E-state index in [2.05, 4.69) is 22.0 Å². The molecular weight excluding hydrogens is 226 g/mol. The summed E-state index contributed by atoms with van der Waals surface area (Å²) in [4.78, 5) is 5.41. The van der Waals surface area contributed by atoms with Crippen molar-refractivity contribution in [1.29, 1.82) is 5.26 Å². The van der Waals surface area contributed by atoms with E-state index >= 15 is 0 Å². The van der Waals surface area contributed by atoms with Crippen LogP contribution >= 0.6 is 0 Å². The number of aromatic nitrogens is 1. The number of benzene rings is 1. The predicted octanol–water partition coefficient (Wildman–Crippen LogP) is 2.06. The molecule has 1 unspecified atom stereocenters. The molecule has 2 aromatic rings. The van der Waals surface area contributed by atoms with Gasteiger partial charge in [0.1, 0.15) is 6.04 Å². The van der Waals surface area contributed by atoms with Gasteiger partial charge in [-0.25, -0.2) is 0 Å². The van der Waals surface area contributed by atoms with Crippen LogP contribution in [0.2, 0.25) is 0 Å². The van der Waals surface area contributed by atoms with Crippen LogP contribution in [0.25, 0.3) is 10.9 Å². The second-order valence-corrected chi connectivity index (χ2v) is 4.47. The number of H-pyrrole nitrogens is 1. The average Bonchev–Trinajstić information content (AvgIpc) is 2.85. The van der Waals surface area contributed by atoms with Crippen LogP contribution in [0.15, 0.2) is 30.5 Å². The number of hydrogen-bond donors (Lipinski definition) is 1. The molecule has 1 aromatic heterocycles. The lowest BCUT2D eigenvalue weighted by molar-refractivity contribution is 0.0268. The van der Waals surface area contributed by atoms with Crippen LogP contribution < -0.4 is 0 Å². The maximum Gasteiger partial charge on any atom is 0.126 e. The maximum atomic E-state index is 9.46. The van der Waals surface area contributed by atoms with Crippen LogP contribution in [0.4, 0.5) is 0 Å². The van der Waals surface area contributed by atoms with Crippen molar-refractivity contribution in [2.75, 3.05) is 26.3 Å². The summed E-state index contributed by atoms with van der Waals surface area (Å²) in [5, 5.41) is 10.6. The Morgan fingerprint density at radius 1 is 1.28 bits per heavy atom. The molecule has 1 atom stereocenters. The highest BCUT2D eigenvalue weighted by Gasteiger charge is 2.24. The van der Waals surface area contributed by atoms with Crippen molar-refractivity contribution in [2.45, 2.75) is 6.04 Å². The van der Waals surface area contributed by atoms with Gasteiger partial charge in [-0.1, -0.05) is 18.2 Å². The Bertz CT molecular complexity index is 578. The molecule has 4 heteroatoms. The van der Waals surface area contributed by atoms with Crippen molar-refractivity contribution >= 4 is 10.9 Å². The summed E-state index contributed by atoms with van der Waals surface area (Å²) < 4.78 is 5.34. The third-order valence-corrected chi connectivity index (χ3v) is 3.45. The summed E-state index contributed by atoms with van der Waals surface area (Å²) in [6.45, 7) is 3.05. The van der Waals surface area contributed by atoms with Crippen molar-refractivity contribution in [3.63, 3.8) is 0 Å². The summed E-state index contributed by atoms with van der Waals surface area (Å²) >= 11 is 0. The minimum atomic E-state index is -0.190. The summed E-state index contributed by atoms with van der Waals surface area (Å²) in [5.74, 6) is 0. The minimum absolute atomic E-state index is 0.190. The molecule has 92 valence electrons.